The predicted octanol–water partition coefficient (Wildman–Crippen LogP) is 3.00. The number of amides is 1. The summed E-state index contributed by atoms with van der Waals surface area (Å²) in [7, 11) is 1.63. The van der Waals surface area contributed by atoms with Gasteiger partial charge >= 0.3 is 0 Å². The van der Waals surface area contributed by atoms with E-state index in [0.717, 1.165) is 33.5 Å². The Morgan fingerprint density at radius 3 is 2.81 bits per heavy atom. The Morgan fingerprint density at radius 1 is 1.22 bits per heavy atom. The van der Waals surface area contributed by atoms with E-state index < -0.39 is 0 Å². The first-order valence-electron chi connectivity index (χ1n) is 8.56. The van der Waals surface area contributed by atoms with Gasteiger partial charge in [0.05, 0.1) is 20.1 Å². The zero-order valence-electron chi connectivity index (χ0n) is 14.8. The number of aromatic amines is 1. The largest absolute Gasteiger partial charge is 0.497 e. The minimum Gasteiger partial charge on any atom is -0.497 e. The molecule has 7 nitrogen and oxygen atoms in total. The number of carbonyl (C=O) groups is 1. The van der Waals surface area contributed by atoms with Gasteiger partial charge in [0, 0.05) is 22.8 Å². The van der Waals surface area contributed by atoms with Gasteiger partial charge in [-0.15, -0.1) is 0 Å². The predicted molar refractivity (Wildman–Crippen MR) is 103 cm³/mol. The maximum Gasteiger partial charge on any atom is 0.228 e. The summed E-state index contributed by atoms with van der Waals surface area (Å²) in [5.74, 6) is 0.703. The van der Waals surface area contributed by atoms with E-state index in [1.54, 1.807) is 18.1 Å². The fraction of sp³-hybridized carbons (Fsp3) is 0.150. The van der Waals surface area contributed by atoms with Gasteiger partial charge < -0.3 is 15.0 Å². The summed E-state index contributed by atoms with van der Waals surface area (Å²) in [6.07, 6.45) is 5.33. The van der Waals surface area contributed by atoms with Gasteiger partial charge in [-0.2, -0.15) is 5.10 Å². The molecule has 0 fully saturated rings. The number of nitrogens with one attached hydrogen (secondary N) is 2. The van der Waals surface area contributed by atoms with E-state index in [2.05, 4.69) is 20.4 Å². The van der Waals surface area contributed by atoms with Gasteiger partial charge in [0.15, 0.2) is 0 Å². The first-order valence-corrected chi connectivity index (χ1v) is 8.56. The second-order valence-electron chi connectivity index (χ2n) is 6.24. The van der Waals surface area contributed by atoms with Gasteiger partial charge in [-0.05, 0) is 41.5 Å². The monoisotopic (exact) mass is 361 g/mol. The molecule has 0 aliphatic heterocycles. The number of nitrogens with zero attached hydrogens (tertiary/aromatic N) is 3. The van der Waals surface area contributed by atoms with Gasteiger partial charge in [-0.25, -0.2) is 9.67 Å². The molecule has 4 aromatic rings. The van der Waals surface area contributed by atoms with E-state index in [-0.39, 0.29) is 12.3 Å². The lowest BCUT2D eigenvalue weighted by Gasteiger charge is -2.07. The molecular weight excluding hydrogens is 342 g/mol. The highest BCUT2D eigenvalue weighted by atomic mass is 16.5. The van der Waals surface area contributed by atoms with E-state index in [1.807, 2.05) is 48.7 Å². The first-order chi connectivity index (χ1) is 13.2. The number of methoxy groups -OCH3 is 1. The summed E-state index contributed by atoms with van der Waals surface area (Å²) in [6, 6.07) is 13.5. The molecule has 2 aromatic carbocycles. The fourth-order valence-electron chi connectivity index (χ4n) is 3.00. The molecule has 1 amide bonds. The van der Waals surface area contributed by atoms with Crippen LogP contribution in [0.15, 0.2) is 61.3 Å². The van der Waals surface area contributed by atoms with Gasteiger partial charge in [0.25, 0.3) is 0 Å². The van der Waals surface area contributed by atoms with Crippen molar-refractivity contribution >= 4 is 22.5 Å². The number of benzene rings is 2. The summed E-state index contributed by atoms with van der Waals surface area (Å²) < 4.78 is 7.02. The lowest BCUT2D eigenvalue weighted by atomic mass is 10.1. The number of H-pyrrole nitrogens is 1. The molecule has 136 valence electrons. The molecule has 0 atom stereocenters. The lowest BCUT2D eigenvalue weighted by Crippen LogP contribution is -2.14. The fourth-order valence-corrected chi connectivity index (χ4v) is 3.00. The van der Waals surface area contributed by atoms with Crippen LogP contribution in [0.1, 0.15) is 11.1 Å². The molecule has 0 aliphatic rings. The molecule has 0 spiro atoms. The van der Waals surface area contributed by atoms with Gasteiger partial charge in [0.1, 0.15) is 18.4 Å². The van der Waals surface area contributed by atoms with E-state index in [4.69, 9.17) is 4.74 Å². The van der Waals surface area contributed by atoms with Crippen molar-refractivity contribution in [1.29, 1.82) is 0 Å². The standard InChI is InChI=1S/C20H19N5O2/c1-27-17-6-7-19-18(9-17)15(10-22-19)8-20(26)24-16-4-2-14(3-5-16)11-25-13-21-12-23-25/h2-7,9-10,12-13,22H,8,11H2,1H3,(H,24,26). The number of fused-ring (bicyclic) bond motifs is 1. The van der Waals surface area contributed by atoms with Gasteiger partial charge in [-0.1, -0.05) is 12.1 Å². The molecule has 0 radical (unpaired) electrons. The highest BCUT2D eigenvalue weighted by Crippen LogP contribution is 2.24. The van der Waals surface area contributed by atoms with Crippen molar-refractivity contribution in [3.05, 3.63) is 72.4 Å². The van der Waals surface area contributed by atoms with Crippen LogP contribution in [0.3, 0.4) is 0 Å². The molecule has 2 aromatic heterocycles. The van der Waals surface area contributed by atoms with Crippen LogP contribution in [-0.2, 0) is 17.8 Å². The van der Waals surface area contributed by atoms with Crippen LogP contribution < -0.4 is 10.1 Å². The molecule has 0 bridgehead atoms. The molecule has 2 N–H and O–H groups in total. The molecule has 0 saturated heterocycles. The maximum absolute atomic E-state index is 12.4. The van der Waals surface area contributed by atoms with Crippen LogP contribution in [-0.4, -0.2) is 32.8 Å². The minimum atomic E-state index is -0.0669. The van der Waals surface area contributed by atoms with Crippen LogP contribution in [0.5, 0.6) is 5.75 Å². The Hall–Kier alpha value is -3.61. The summed E-state index contributed by atoms with van der Waals surface area (Å²) in [4.78, 5) is 19.6. The van der Waals surface area contributed by atoms with E-state index in [9.17, 15) is 4.79 Å². The second kappa shape index (κ2) is 7.33. The van der Waals surface area contributed by atoms with Crippen molar-refractivity contribution in [2.75, 3.05) is 12.4 Å². The Kier molecular flexibility index (Phi) is 4.57. The molecule has 2 heterocycles. The molecule has 27 heavy (non-hydrogen) atoms. The first kappa shape index (κ1) is 16.8. The maximum atomic E-state index is 12.4. The zero-order valence-corrected chi connectivity index (χ0v) is 14.8. The minimum absolute atomic E-state index is 0.0669. The lowest BCUT2D eigenvalue weighted by molar-refractivity contribution is -0.115. The smallest absolute Gasteiger partial charge is 0.228 e. The third-order valence-electron chi connectivity index (χ3n) is 4.37. The number of ether oxygens (including phenoxy) is 1. The summed E-state index contributed by atoms with van der Waals surface area (Å²) in [5, 5.41) is 8.02. The third kappa shape index (κ3) is 3.82. The topological polar surface area (TPSA) is 84.8 Å². The summed E-state index contributed by atoms with van der Waals surface area (Å²) in [5.41, 5.74) is 3.77. The number of aromatic nitrogens is 4. The van der Waals surface area contributed by atoms with Crippen molar-refractivity contribution in [3.8, 4) is 5.75 Å². The van der Waals surface area contributed by atoms with Crippen molar-refractivity contribution in [2.24, 2.45) is 0 Å². The molecule has 0 saturated carbocycles. The van der Waals surface area contributed by atoms with Crippen molar-refractivity contribution in [1.82, 2.24) is 19.7 Å². The quantitative estimate of drug-likeness (QED) is 0.553. The average Bonchev–Trinajstić information content (AvgIpc) is 3.33. The van der Waals surface area contributed by atoms with Gasteiger partial charge in [0.2, 0.25) is 5.91 Å². The van der Waals surface area contributed by atoms with Crippen molar-refractivity contribution in [2.45, 2.75) is 13.0 Å². The van der Waals surface area contributed by atoms with E-state index in [1.165, 1.54) is 6.33 Å². The molecule has 4 rings (SSSR count). The second-order valence-corrected chi connectivity index (χ2v) is 6.24. The highest BCUT2D eigenvalue weighted by molar-refractivity contribution is 5.96. The molecular formula is C20H19N5O2. The van der Waals surface area contributed by atoms with E-state index in [0.29, 0.717) is 6.54 Å². The van der Waals surface area contributed by atoms with E-state index >= 15 is 0 Å². The Bertz CT molecular complexity index is 1050. The highest BCUT2D eigenvalue weighted by Gasteiger charge is 2.10. The number of hydrogen-bond acceptors (Lipinski definition) is 4. The van der Waals surface area contributed by atoms with Crippen molar-refractivity contribution in [3.63, 3.8) is 0 Å². The summed E-state index contributed by atoms with van der Waals surface area (Å²) in [6.45, 7) is 0.644. The normalized spacial score (nSPS) is 10.9. The Morgan fingerprint density at radius 2 is 2.07 bits per heavy atom. The molecule has 0 aliphatic carbocycles. The van der Waals surface area contributed by atoms with Crippen LogP contribution >= 0.6 is 0 Å². The van der Waals surface area contributed by atoms with Crippen LogP contribution in [0.4, 0.5) is 5.69 Å². The van der Waals surface area contributed by atoms with Crippen LogP contribution in [0, 0.1) is 0 Å². The molecule has 7 heteroatoms. The number of hydrogen-bond donors (Lipinski definition) is 2. The number of rotatable bonds is 6. The Labute approximate surface area is 156 Å². The summed E-state index contributed by atoms with van der Waals surface area (Å²) >= 11 is 0. The van der Waals surface area contributed by atoms with Crippen LogP contribution in [0.2, 0.25) is 0 Å². The molecule has 0 unspecified atom stereocenters. The SMILES string of the molecule is COc1ccc2[nH]cc(CC(=O)Nc3ccc(Cn4cncn4)cc3)c2c1. The number of carbonyl (C=O) groups excluding carboxylic acids is 1. The number of anilines is 1. The van der Waals surface area contributed by atoms with Crippen molar-refractivity contribution < 1.29 is 9.53 Å². The third-order valence-corrected chi connectivity index (χ3v) is 4.37. The average molecular weight is 361 g/mol. The van der Waals surface area contributed by atoms with Gasteiger partial charge in [-0.3, -0.25) is 4.79 Å². The van der Waals surface area contributed by atoms with Crippen LogP contribution in [0.25, 0.3) is 10.9 Å². The zero-order chi connectivity index (χ0) is 18.6. The Balaban J connectivity index is 1.42.